The number of hydrogen-bond acceptors (Lipinski definition) is 3. The lowest BCUT2D eigenvalue weighted by molar-refractivity contribution is 0.397. The fraction of sp³-hybridized carbons (Fsp3) is 0.600. The van der Waals surface area contributed by atoms with Crippen LogP contribution in [0.15, 0.2) is 23.3 Å². The van der Waals surface area contributed by atoms with Crippen molar-refractivity contribution in [2.75, 3.05) is 14.2 Å². The summed E-state index contributed by atoms with van der Waals surface area (Å²) in [6, 6.07) is 4.46. The van der Waals surface area contributed by atoms with E-state index in [4.69, 9.17) is 4.74 Å². The largest absolute Gasteiger partial charge is 0.481 e. The molecule has 0 bridgehead atoms. The van der Waals surface area contributed by atoms with Crippen molar-refractivity contribution >= 4 is 5.96 Å². The van der Waals surface area contributed by atoms with Gasteiger partial charge < -0.3 is 15.4 Å². The molecule has 2 N–H and O–H groups in total. The van der Waals surface area contributed by atoms with Crippen LogP contribution in [0.5, 0.6) is 5.88 Å². The van der Waals surface area contributed by atoms with Gasteiger partial charge in [-0.05, 0) is 24.5 Å². The first-order chi connectivity index (χ1) is 9.81. The summed E-state index contributed by atoms with van der Waals surface area (Å²) < 4.78 is 5.12. The molecule has 0 unspecified atom stereocenters. The molecule has 5 nitrogen and oxygen atoms in total. The molecule has 1 saturated carbocycles. The Morgan fingerprint density at radius 2 is 2.20 bits per heavy atom. The molecule has 0 aromatic carbocycles. The number of nitrogens with one attached hydrogen (secondary N) is 2. The highest BCUT2D eigenvalue weighted by Crippen LogP contribution is 2.17. The number of hydrogen-bond donors (Lipinski definition) is 2. The zero-order valence-corrected chi connectivity index (χ0v) is 12.4. The van der Waals surface area contributed by atoms with E-state index in [0.29, 0.717) is 18.5 Å². The quantitative estimate of drug-likeness (QED) is 0.653. The van der Waals surface area contributed by atoms with Gasteiger partial charge in [-0.15, -0.1) is 0 Å². The minimum absolute atomic E-state index is 0.557. The third-order valence-electron chi connectivity index (χ3n) is 3.64. The van der Waals surface area contributed by atoms with Crippen molar-refractivity contribution in [1.29, 1.82) is 0 Å². The molecule has 1 heterocycles. The molecule has 2 rings (SSSR count). The van der Waals surface area contributed by atoms with Crippen LogP contribution in [-0.2, 0) is 6.54 Å². The van der Waals surface area contributed by atoms with Crippen molar-refractivity contribution in [2.24, 2.45) is 4.99 Å². The highest BCUT2D eigenvalue weighted by atomic mass is 16.5. The highest BCUT2D eigenvalue weighted by molar-refractivity contribution is 5.79. The van der Waals surface area contributed by atoms with Crippen molar-refractivity contribution < 1.29 is 4.74 Å². The average Bonchev–Trinajstić information content (AvgIpc) is 2.52. The number of aliphatic imine (C=N–C) groups is 1. The van der Waals surface area contributed by atoms with Crippen LogP contribution in [-0.4, -0.2) is 31.1 Å². The van der Waals surface area contributed by atoms with Crippen LogP contribution < -0.4 is 15.4 Å². The molecule has 0 atom stereocenters. The molecule has 0 spiro atoms. The van der Waals surface area contributed by atoms with Crippen LogP contribution in [0.1, 0.15) is 37.7 Å². The van der Waals surface area contributed by atoms with Gasteiger partial charge in [-0.3, -0.25) is 4.99 Å². The number of methoxy groups -OCH3 is 1. The van der Waals surface area contributed by atoms with Gasteiger partial charge in [0.2, 0.25) is 5.88 Å². The Morgan fingerprint density at radius 3 is 2.90 bits per heavy atom. The molecule has 1 aliphatic carbocycles. The maximum absolute atomic E-state index is 5.12. The lowest BCUT2D eigenvalue weighted by Crippen LogP contribution is -2.43. The Hall–Kier alpha value is -1.78. The van der Waals surface area contributed by atoms with Gasteiger partial charge in [-0.1, -0.05) is 19.3 Å². The summed E-state index contributed by atoms with van der Waals surface area (Å²) in [5.41, 5.74) is 1.13. The third-order valence-corrected chi connectivity index (χ3v) is 3.64. The maximum atomic E-state index is 5.12. The van der Waals surface area contributed by atoms with E-state index in [2.05, 4.69) is 20.6 Å². The Labute approximate surface area is 120 Å². The number of ether oxygens (including phenoxy) is 1. The second-order valence-electron chi connectivity index (χ2n) is 5.11. The van der Waals surface area contributed by atoms with Gasteiger partial charge in [0.1, 0.15) is 0 Å². The molecule has 1 aromatic rings. The molecule has 0 saturated heterocycles. The Kier molecular flexibility index (Phi) is 5.65. The van der Waals surface area contributed by atoms with E-state index >= 15 is 0 Å². The number of pyridine rings is 1. The summed E-state index contributed by atoms with van der Waals surface area (Å²) in [6.45, 7) is 0.714. The zero-order chi connectivity index (χ0) is 14.2. The fourth-order valence-electron chi connectivity index (χ4n) is 2.49. The van der Waals surface area contributed by atoms with Crippen LogP contribution in [0.2, 0.25) is 0 Å². The molecule has 0 radical (unpaired) electrons. The summed E-state index contributed by atoms with van der Waals surface area (Å²) in [6.07, 6.45) is 8.23. The summed E-state index contributed by atoms with van der Waals surface area (Å²) in [5, 5.41) is 6.84. The number of aromatic nitrogens is 1. The molecule has 20 heavy (non-hydrogen) atoms. The van der Waals surface area contributed by atoms with Crippen LogP contribution in [0.25, 0.3) is 0 Å². The van der Waals surface area contributed by atoms with Crippen molar-refractivity contribution in [3.63, 3.8) is 0 Å². The smallest absolute Gasteiger partial charge is 0.213 e. The van der Waals surface area contributed by atoms with E-state index in [1.54, 1.807) is 13.3 Å². The first-order valence-corrected chi connectivity index (χ1v) is 7.28. The topological polar surface area (TPSA) is 58.5 Å². The van der Waals surface area contributed by atoms with Gasteiger partial charge in [0.25, 0.3) is 0 Å². The predicted molar refractivity (Wildman–Crippen MR) is 81.0 cm³/mol. The predicted octanol–water partition coefficient (Wildman–Crippen LogP) is 2.09. The molecule has 1 aliphatic rings. The average molecular weight is 276 g/mol. The third kappa shape index (κ3) is 4.40. The van der Waals surface area contributed by atoms with Crippen molar-refractivity contribution in [1.82, 2.24) is 15.6 Å². The Bertz CT molecular complexity index is 441. The molecule has 1 fully saturated rings. The number of rotatable bonds is 4. The Morgan fingerprint density at radius 1 is 1.40 bits per heavy atom. The van der Waals surface area contributed by atoms with E-state index in [1.165, 1.54) is 32.1 Å². The maximum Gasteiger partial charge on any atom is 0.213 e. The molecule has 0 aliphatic heterocycles. The van der Waals surface area contributed by atoms with Crippen LogP contribution in [0.3, 0.4) is 0 Å². The second-order valence-corrected chi connectivity index (χ2v) is 5.11. The number of guanidine groups is 1. The van der Waals surface area contributed by atoms with Crippen molar-refractivity contribution in [3.05, 3.63) is 23.9 Å². The second kappa shape index (κ2) is 7.72. The molecule has 1 aromatic heterocycles. The first kappa shape index (κ1) is 14.6. The monoisotopic (exact) mass is 276 g/mol. The number of nitrogens with zero attached hydrogens (tertiary/aromatic N) is 2. The lowest BCUT2D eigenvalue weighted by atomic mass is 9.96. The van der Waals surface area contributed by atoms with E-state index in [1.807, 2.05) is 19.2 Å². The SMILES string of the molecule is CN=C(NCc1ccnc(OC)c1)NC1CCCCC1. The first-order valence-electron chi connectivity index (χ1n) is 7.28. The Balaban J connectivity index is 1.83. The summed E-state index contributed by atoms with van der Waals surface area (Å²) in [5.74, 6) is 1.51. The minimum atomic E-state index is 0.557. The molecule has 5 heteroatoms. The molecule has 110 valence electrons. The van der Waals surface area contributed by atoms with E-state index in [0.717, 1.165) is 11.5 Å². The lowest BCUT2D eigenvalue weighted by Gasteiger charge is -2.24. The van der Waals surface area contributed by atoms with E-state index in [9.17, 15) is 0 Å². The van der Waals surface area contributed by atoms with Crippen LogP contribution in [0.4, 0.5) is 0 Å². The van der Waals surface area contributed by atoms with Gasteiger partial charge in [0, 0.05) is 31.9 Å². The molecular formula is C15H24N4O. The molecule has 0 amide bonds. The van der Waals surface area contributed by atoms with Crippen LogP contribution in [0, 0.1) is 0 Å². The summed E-state index contributed by atoms with van der Waals surface area (Å²) in [7, 11) is 3.44. The minimum Gasteiger partial charge on any atom is -0.481 e. The van der Waals surface area contributed by atoms with Gasteiger partial charge in [-0.25, -0.2) is 4.98 Å². The molecular weight excluding hydrogens is 252 g/mol. The van der Waals surface area contributed by atoms with Gasteiger partial charge in [0.15, 0.2) is 5.96 Å². The highest BCUT2D eigenvalue weighted by Gasteiger charge is 2.14. The van der Waals surface area contributed by atoms with Crippen molar-refractivity contribution in [3.8, 4) is 5.88 Å². The normalized spacial score (nSPS) is 16.8. The summed E-state index contributed by atoms with van der Waals surface area (Å²) in [4.78, 5) is 8.39. The van der Waals surface area contributed by atoms with Gasteiger partial charge in [0.05, 0.1) is 7.11 Å². The van der Waals surface area contributed by atoms with Crippen LogP contribution >= 0.6 is 0 Å². The van der Waals surface area contributed by atoms with Gasteiger partial charge in [-0.2, -0.15) is 0 Å². The van der Waals surface area contributed by atoms with Crippen molar-refractivity contribution in [2.45, 2.75) is 44.7 Å². The zero-order valence-electron chi connectivity index (χ0n) is 12.4. The van der Waals surface area contributed by atoms with E-state index < -0.39 is 0 Å². The summed E-state index contributed by atoms with van der Waals surface area (Å²) >= 11 is 0. The standard InChI is InChI=1S/C15H24N4O/c1-16-15(19-13-6-4-3-5-7-13)18-11-12-8-9-17-14(10-12)20-2/h8-10,13H,3-7,11H2,1-2H3,(H2,16,18,19). The van der Waals surface area contributed by atoms with Gasteiger partial charge >= 0.3 is 0 Å². The van der Waals surface area contributed by atoms with E-state index in [-0.39, 0.29) is 0 Å². The fourth-order valence-corrected chi connectivity index (χ4v) is 2.49.